The van der Waals surface area contributed by atoms with E-state index in [9.17, 15) is 0 Å². The summed E-state index contributed by atoms with van der Waals surface area (Å²) in [7, 11) is 2.07. The zero-order chi connectivity index (χ0) is 7.84. The third kappa shape index (κ3) is 0.914. The van der Waals surface area contributed by atoms with Gasteiger partial charge in [0.2, 0.25) is 5.95 Å². The molecular formula is C8H13N3. The van der Waals surface area contributed by atoms with Crippen LogP contribution in [0.1, 0.15) is 12.1 Å². The van der Waals surface area contributed by atoms with Crippen LogP contribution in [0.25, 0.3) is 0 Å². The molecule has 1 aliphatic heterocycles. The van der Waals surface area contributed by atoms with Gasteiger partial charge in [0, 0.05) is 25.8 Å². The predicted molar refractivity (Wildman–Crippen MR) is 44.8 cm³/mol. The molecule has 0 atom stereocenters. The average molecular weight is 151 g/mol. The summed E-state index contributed by atoms with van der Waals surface area (Å²) >= 11 is 0. The first kappa shape index (κ1) is 6.70. The fourth-order valence-corrected chi connectivity index (χ4v) is 1.29. The van der Waals surface area contributed by atoms with E-state index in [4.69, 9.17) is 0 Å². The largest absolute Gasteiger partial charge is 0.342 e. The number of nitrogens with zero attached hydrogens (tertiary/aromatic N) is 3. The summed E-state index contributed by atoms with van der Waals surface area (Å²) in [6, 6.07) is 0. The zero-order valence-electron chi connectivity index (χ0n) is 7.04. The Kier molecular flexibility index (Phi) is 1.37. The van der Waals surface area contributed by atoms with Gasteiger partial charge >= 0.3 is 0 Å². The number of aromatic nitrogens is 2. The summed E-state index contributed by atoms with van der Waals surface area (Å²) in [6.45, 7) is 4.42. The molecule has 1 aliphatic rings. The van der Waals surface area contributed by atoms with Crippen molar-refractivity contribution >= 4 is 5.95 Å². The first-order valence-electron chi connectivity index (χ1n) is 4.02. The lowest BCUT2D eigenvalue weighted by molar-refractivity contribution is 0.588. The first-order valence-corrected chi connectivity index (χ1v) is 4.02. The lowest BCUT2D eigenvalue weighted by Gasteiger charge is -2.31. The fraction of sp³-hybridized carbons (Fsp3) is 0.625. The number of hydrogen-bond donors (Lipinski definition) is 0. The van der Waals surface area contributed by atoms with Crippen LogP contribution in [0.4, 0.5) is 5.95 Å². The minimum atomic E-state index is 1.12. The molecule has 0 saturated carbocycles. The maximum absolute atomic E-state index is 4.33. The van der Waals surface area contributed by atoms with E-state index in [0.717, 1.165) is 5.95 Å². The van der Waals surface area contributed by atoms with Crippen molar-refractivity contribution in [1.29, 1.82) is 0 Å². The molecule has 0 bridgehead atoms. The Morgan fingerprint density at radius 1 is 1.45 bits per heavy atom. The standard InChI is InChI=1S/C8H13N3/c1-7-6-9-8(10(7)2)11-4-3-5-11/h6H,3-5H2,1-2H3. The molecule has 1 aromatic heterocycles. The Labute approximate surface area is 66.6 Å². The van der Waals surface area contributed by atoms with Gasteiger partial charge in [-0.05, 0) is 13.3 Å². The molecule has 60 valence electrons. The molecular weight excluding hydrogens is 138 g/mol. The zero-order valence-corrected chi connectivity index (χ0v) is 7.04. The number of anilines is 1. The van der Waals surface area contributed by atoms with Crippen LogP contribution in [-0.4, -0.2) is 22.6 Å². The number of rotatable bonds is 1. The molecule has 11 heavy (non-hydrogen) atoms. The van der Waals surface area contributed by atoms with E-state index in [1.54, 1.807) is 0 Å². The third-order valence-electron chi connectivity index (χ3n) is 2.33. The Morgan fingerprint density at radius 3 is 2.55 bits per heavy atom. The van der Waals surface area contributed by atoms with Crippen molar-refractivity contribution in [2.45, 2.75) is 13.3 Å². The number of aryl methyl sites for hydroxylation is 1. The second-order valence-corrected chi connectivity index (χ2v) is 3.10. The van der Waals surface area contributed by atoms with Crippen LogP contribution < -0.4 is 4.90 Å². The Morgan fingerprint density at radius 2 is 2.18 bits per heavy atom. The van der Waals surface area contributed by atoms with Gasteiger partial charge in [-0.25, -0.2) is 4.98 Å². The van der Waals surface area contributed by atoms with Crippen molar-refractivity contribution in [2.24, 2.45) is 7.05 Å². The summed E-state index contributed by atoms with van der Waals surface area (Å²) < 4.78 is 2.14. The molecule has 0 aliphatic carbocycles. The van der Waals surface area contributed by atoms with Gasteiger partial charge in [-0.1, -0.05) is 0 Å². The molecule has 0 N–H and O–H groups in total. The van der Waals surface area contributed by atoms with E-state index in [2.05, 4.69) is 28.4 Å². The van der Waals surface area contributed by atoms with Crippen molar-refractivity contribution in [3.63, 3.8) is 0 Å². The van der Waals surface area contributed by atoms with Gasteiger partial charge in [-0.15, -0.1) is 0 Å². The van der Waals surface area contributed by atoms with Gasteiger partial charge in [-0.2, -0.15) is 0 Å². The Bertz CT molecular complexity index is 260. The second-order valence-electron chi connectivity index (χ2n) is 3.10. The maximum atomic E-state index is 4.33. The van der Waals surface area contributed by atoms with Gasteiger partial charge in [0.1, 0.15) is 0 Å². The fourth-order valence-electron chi connectivity index (χ4n) is 1.29. The van der Waals surface area contributed by atoms with Crippen LogP contribution in [0.15, 0.2) is 6.20 Å². The van der Waals surface area contributed by atoms with Gasteiger partial charge in [0.15, 0.2) is 0 Å². The van der Waals surface area contributed by atoms with Crippen molar-refractivity contribution < 1.29 is 0 Å². The summed E-state index contributed by atoms with van der Waals surface area (Å²) in [5.74, 6) is 1.12. The predicted octanol–water partition coefficient (Wildman–Crippen LogP) is 0.939. The van der Waals surface area contributed by atoms with Gasteiger partial charge in [-0.3, -0.25) is 0 Å². The molecule has 2 heterocycles. The molecule has 0 amide bonds. The Balaban J connectivity index is 2.29. The van der Waals surface area contributed by atoms with Crippen LogP contribution in [0.2, 0.25) is 0 Å². The lowest BCUT2D eigenvalue weighted by atomic mass is 10.2. The molecule has 0 radical (unpaired) electrons. The molecule has 0 aromatic carbocycles. The summed E-state index contributed by atoms with van der Waals surface area (Å²) in [4.78, 5) is 6.62. The summed E-state index contributed by atoms with van der Waals surface area (Å²) in [5.41, 5.74) is 1.23. The van der Waals surface area contributed by atoms with E-state index in [1.807, 2.05) is 6.20 Å². The van der Waals surface area contributed by atoms with E-state index in [0.29, 0.717) is 0 Å². The highest BCUT2D eigenvalue weighted by atomic mass is 15.3. The molecule has 1 aromatic rings. The van der Waals surface area contributed by atoms with E-state index >= 15 is 0 Å². The third-order valence-corrected chi connectivity index (χ3v) is 2.33. The van der Waals surface area contributed by atoms with E-state index in [1.165, 1.54) is 25.2 Å². The van der Waals surface area contributed by atoms with Crippen molar-refractivity contribution in [3.8, 4) is 0 Å². The van der Waals surface area contributed by atoms with Gasteiger partial charge in [0.25, 0.3) is 0 Å². The molecule has 1 saturated heterocycles. The molecule has 0 unspecified atom stereocenters. The van der Waals surface area contributed by atoms with Gasteiger partial charge < -0.3 is 9.47 Å². The normalized spacial score (nSPS) is 16.7. The summed E-state index contributed by atoms with van der Waals surface area (Å²) in [6.07, 6.45) is 3.24. The van der Waals surface area contributed by atoms with E-state index in [-0.39, 0.29) is 0 Å². The second kappa shape index (κ2) is 2.26. The molecule has 1 fully saturated rings. The smallest absolute Gasteiger partial charge is 0.205 e. The highest BCUT2D eigenvalue weighted by molar-refractivity contribution is 5.35. The molecule has 3 heteroatoms. The number of hydrogen-bond acceptors (Lipinski definition) is 2. The highest BCUT2D eigenvalue weighted by Crippen LogP contribution is 2.18. The van der Waals surface area contributed by atoms with E-state index < -0.39 is 0 Å². The van der Waals surface area contributed by atoms with Crippen molar-refractivity contribution in [3.05, 3.63) is 11.9 Å². The maximum Gasteiger partial charge on any atom is 0.205 e. The molecule has 3 nitrogen and oxygen atoms in total. The van der Waals surface area contributed by atoms with Crippen molar-refractivity contribution in [1.82, 2.24) is 9.55 Å². The van der Waals surface area contributed by atoms with Gasteiger partial charge in [0.05, 0.1) is 6.20 Å². The van der Waals surface area contributed by atoms with Crippen LogP contribution in [0.5, 0.6) is 0 Å². The topological polar surface area (TPSA) is 21.1 Å². The quantitative estimate of drug-likeness (QED) is 0.595. The SMILES string of the molecule is Cc1cnc(N2CCC2)n1C. The minimum Gasteiger partial charge on any atom is -0.342 e. The monoisotopic (exact) mass is 151 g/mol. The van der Waals surface area contributed by atoms with Crippen LogP contribution >= 0.6 is 0 Å². The van der Waals surface area contributed by atoms with Crippen LogP contribution in [-0.2, 0) is 7.05 Å². The highest BCUT2D eigenvalue weighted by Gasteiger charge is 2.18. The Hall–Kier alpha value is -0.990. The molecule has 2 rings (SSSR count). The van der Waals surface area contributed by atoms with Crippen molar-refractivity contribution in [2.75, 3.05) is 18.0 Å². The first-order chi connectivity index (χ1) is 5.29. The lowest BCUT2D eigenvalue weighted by Crippen LogP contribution is -2.38. The minimum absolute atomic E-state index is 1.12. The average Bonchev–Trinajstić information content (AvgIpc) is 2.15. The van der Waals surface area contributed by atoms with Crippen LogP contribution in [0.3, 0.4) is 0 Å². The molecule has 0 spiro atoms. The number of imidazole rings is 1. The van der Waals surface area contributed by atoms with Crippen LogP contribution in [0, 0.1) is 6.92 Å². The summed E-state index contributed by atoms with van der Waals surface area (Å²) in [5, 5.41) is 0.